The molecule has 1 N–H and O–H groups in total. The van der Waals surface area contributed by atoms with Crippen LogP contribution in [0.1, 0.15) is 62.2 Å². The van der Waals surface area contributed by atoms with E-state index in [1.807, 2.05) is 19.9 Å². The highest BCUT2D eigenvalue weighted by Gasteiger charge is 2.37. The van der Waals surface area contributed by atoms with E-state index < -0.39 is 11.9 Å². The van der Waals surface area contributed by atoms with Gasteiger partial charge < -0.3 is 5.32 Å². The van der Waals surface area contributed by atoms with Crippen molar-refractivity contribution in [3.05, 3.63) is 35.4 Å². The third-order valence-electron chi connectivity index (χ3n) is 4.52. The first kappa shape index (κ1) is 18.5. The normalized spacial score (nSPS) is 15.9. The molecule has 1 unspecified atom stereocenters. The molecule has 2 aromatic rings. The number of halogens is 3. The minimum Gasteiger partial charge on any atom is -0.348 e. The summed E-state index contributed by atoms with van der Waals surface area (Å²) in [4.78, 5) is 12.2. The zero-order chi connectivity index (χ0) is 18.9. The Labute approximate surface area is 149 Å². The number of nitrogens with one attached hydrogen (secondary N) is 1. The van der Waals surface area contributed by atoms with Gasteiger partial charge in [0.15, 0.2) is 5.69 Å². The van der Waals surface area contributed by atoms with Crippen LogP contribution in [0.2, 0.25) is 0 Å². The molecule has 1 saturated carbocycles. The molecule has 3 rings (SSSR count). The summed E-state index contributed by atoms with van der Waals surface area (Å²) in [6.45, 7) is 4.64. The number of aromatic nitrogens is 4. The molecule has 1 aliphatic rings. The molecule has 0 aromatic carbocycles. The lowest BCUT2D eigenvalue weighted by Crippen LogP contribution is -2.29. The van der Waals surface area contributed by atoms with Crippen LogP contribution < -0.4 is 5.32 Å². The number of carbonyl (C=O) groups excluding carboxylic acids is 1. The van der Waals surface area contributed by atoms with Crippen molar-refractivity contribution in [3.63, 3.8) is 0 Å². The largest absolute Gasteiger partial charge is 0.435 e. The molecule has 1 amide bonds. The molecule has 142 valence electrons. The second-order valence-electron chi connectivity index (χ2n) is 6.56. The van der Waals surface area contributed by atoms with Crippen LogP contribution in [0.4, 0.5) is 13.2 Å². The number of alkyl halides is 3. The highest BCUT2D eigenvalue weighted by atomic mass is 19.4. The van der Waals surface area contributed by atoms with Crippen molar-refractivity contribution >= 4 is 5.91 Å². The zero-order valence-corrected chi connectivity index (χ0v) is 14.8. The summed E-state index contributed by atoms with van der Waals surface area (Å²) < 4.78 is 41.8. The van der Waals surface area contributed by atoms with Crippen LogP contribution in [0.25, 0.3) is 0 Å². The lowest BCUT2D eigenvalue weighted by atomic mass is 10.2. The molecule has 1 atom stereocenters. The smallest absolute Gasteiger partial charge is 0.348 e. The molecule has 6 nitrogen and oxygen atoms in total. The summed E-state index contributed by atoms with van der Waals surface area (Å²) >= 11 is 0. The highest BCUT2D eigenvalue weighted by molar-refractivity contribution is 5.76. The fraction of sp³-hybridized carbons (Fsp3) is 0.588. The van der Waals surface area contributed by atoms with Crippen molar-refractivity contribution in [3.8, 4) is 0 Å². The Bertz CT molecular complexity index is 776. The molecule has 0 radical (unpaired) electrons. The number of carbonyl (C=O) groups is 1. The Kier molecular flexibility index (Phi) is 5.06. The van der Waals surface area contributed by atoms with Crippen LogP contribution in [0.3, 0.4) is 0 Å². The molecule has 1 fully saturated rings. The van der Waals surface area contributed by atoms with Gasteiger partial charge in [-0.15, -0.1) is 0 Å². The predicted molar refractivity (Wildman–Crippen MR) is 88.3 cm³/mol. The van der Waals surface area contributed by atoms with Gasteiger partial charge in [0.1, 0.15) is 0 Å². The van der Waals surface area contributed by atoms with Gasteiger partial charge in [0.25, 0.3) is 0 Å². The quantitative estimate of drug-likeness (QED) is 0.815. The summed E-state index contributed by atoms with van der Waals surface area (Å²) in [5.41, 5.74) is 0.570. The van der Waals surface area contributed by atoms with Gasteiger partial charge in [0.05, 0.1) is 11.7 Å². The van der Waals surface area contributed by atoms with Gasteiger partial charge in [-0.05, 0) is 38.8 Å². The van der Waals surface area contributed by atoms with Crippen LogP contribution in [-0.4, -0.2) is 25.5 Å². The maximum Gasteiger partial charge on any atom is 0.435 e. The second kappa shape index (κ2) is 7.13. The van der Waals surface area contributed by atoms with Crippen LogP contribution in [-0.2, 0) is 24.1 Å². The van der Waals surface area contributed by atoms with Crippen LogP contribution in [0, 0.1) is 0 Å². The molecule has 26 heavy (non-hydrogen) atoms. The predicted octanol–water partition coefficient (Wildman–Crippen LogP) is 3.26. The number of nitrogens with zero attached hydrogens (tertiary/aromatic N) is 4. The van der Waals surface area contributed by atoms with Gasteiger partial charge in [-0.1, -0.05) is 0 Å². The Morgan fingerprint density at radius 3 is 2.73 bits per heavy atom. The van der Waals surface area contributed by atoms with E-state index in [-0.39, 0.29) is 30.8 Å². The minimum atomic E-state index is -4.47. The molecule has 2 aromatic heterocycles. The van der Waals surface area contributed by atoms with E-state index >= 15 is 0 Å². The fourth-order valence-electron chi connectivity index (χ4n) is 3.03. The molecule has 0 saturated heterocycles. The average Bonchev–Trinajstić information content (AvgIpc) is 3.13. The van der Waals surface area contributed by atoms with Crippen molar-refractivity contribution in [1.29, 1.82) is 0 Å². The summed E-state index contributed by atoms with van der Waals surface area (Å²) in [5.74, 6) is -0.105. The molecule has 1 aliphatic carbocycles. The number of hydrogen-bond donors (Lipinski definition) is 1. The lowest BCUT2D eigenvalue weighted by Gasteiger charge is -2.15. The Hall–Kier alpha value is -2.32. The molecule has 9 heteroatoms. The van der Waals surface area contributed by atoms with E-state index in [2.05, 4.69) is 15.5 Å². The molecule has 2 heterocycles. The standard InChI is InChI=1S/C17H22F3N5O/c1-3-24-13(6-8-21-24)11(2)22-16(26)7-9-25-14(12-4-5-12)10-15(23-25)17(18,19)20/h6,8,10-12H,3-5,7,9H2,1-2H3,(H,22,26). The Morgan fingerprint density at radius 2 is 2.12 bits per heavy atom. The fourth-order valence-corrected chi connectivity index (χ4v) is 3.03. The first-order valence-electron chi connectivity index (χ1n) is 8.75. The maximum absolute atomic E-state index is 12.9. The maximum atomic E-state index is 12.9. The van der Waals surface area contributed by atoms with E-state index in [9.17, 15) is 18.0 Å². The summed E-state index contributed by atoms with van der Waals surface area (Å²) in [6, 6.07) is 2.72. The SMILES string of the molecule is CCn1nccc1C(C)NC(=O)CCn1nc(C(F)(F)F)cc1C1CC1. The first-order chi connectivity index (χ1) is 12.3. The van der Waals surface area contributed by atoms with Crippen LogP contribution in [0.15, 0.2) is 18.3 Å². The zero-order valence-electron chi connectivity index (χ0n) is 14.8. The molecular formula is C17H22F3N5O. The topological polar surface area (TPSA) is 64.7 Å². The van der Waals surface area contributed by atoms with Gasteiger partial charge in [-0.2, -0.15) is 23.4 Å². The van der Waals surface area contributed by atoms with Crippen molar-refractivity contribution in [2.45, 2.75) is 64.3 Å². The Morgan fingerprint density at radius 1 is 1.38 bits per heavy atom. The number of amides is 1. The molecular weight excluding hydrogens is 347 g/mol. The Balaban J connectivity index is 1.62. The van der Waals surface area contributed by atoms with E-state index in [0.29, 0.717) is 12.2 Å². The monoisotopic (exact) mass is 369 g/mol. The minimum absolute atomic E-state index is 0.0727. The van der Waals surface area contributed by atoms with Crippen LogP contribution >= 0.6 is 0 Å². The molecule has 0 spiro atoms. The van der Waals surface area contributed by atoms with Gasteiger partial charge in [0, 0.05) is 37.3 Å². The molecule has 0 bridgehead atoms. The third-order valence-corrected chi connectivity index (χ3v) is 4.52. The summed E-state index contributed by atoms with van der Waals surface area (Å²) in [6.07, 6.45) is -0.986. The first-order valence-corrected chi connectivity index (χ1v) is 8.75. The number of aryl methyl sites for hydroxylation is 2. The lowest BCUT2D eigenvalue weighted by molar-refractivity contribution is -0.141. The summed E-state index contributed by atoms with van der Waals surface area (Å²) in [5, 5.41) is 10.7. The van der Waals surface area contributed by atoms with Gasteiger partial charge in [-0.25, -0.2) is 0 Å². The van der Waals surface area contributed by atoms with Crippen molar-refractivity contribution in [2.24, 2.45) is 0 Å². The van der Waals surface area contributed by atoms with Crippen molar-refractivity contribution < 1.29 is 18.0 Å². The average molecular weight is 369 g/mol. The second-order valence-corrected chi connectivity index (χ2v) is 6.56. The van der Waals surface area contributed by atoms with Gasteiger partial charge >= 0.3 is 6.18 Å². The highest BCUT2D eigenvalue weighted by Crippen LogP contribution is 2.42. The van der Waals surface area contributed by atoms with Gasteiger partial charge in [-0.3, -0.25) is 14.2 Å². The van der Waals surface area contributed by atoms with E-state index in [0.717, 1.165) is 24.6 Å². The van der Waals surface area contributed by atoms with Crippen LogP contribution in [0.5, 0.6) is 0 Å². The van der Waals surface area contributed by atoms with Crippen molar-refractivity contribution in [2.75, 3.05) is 0 Å². The van der Waals surface area contributed by atoms with Gasteiger partial charge in [0.2, 0.25) is 5.91 Å². The van der Waals surface area contributed by atoms with E-state index in [1.165, 1.54) is 4.68 Å². The third kappa shape index (κ3) is 4.08. The molecule has 0 aliphatic heterocycles. The summed E-state index contributed by atoms with van der Waals surface area (Å²) in [7, 11) is 0. The van der Waals surface area contributed by atoms with E-state index in [4.69, 9.17) is 0 Å². The van der Waals surface area contributed by atoms with Crippen molar-refractivity contribution in [1.82, 2.24) is 24.9 Å². The number of rotatable bonds is 7. The van der Waals surface area contributed by atoms with E-state index in [1.54, 1.807) is 10.9 Å². The number of hydrogen-bond acceptors (Lipinski definition) is 3.